The number of carbonyl (C=O) groups excluding carboxylic acids is 1. The molecular weight excluding hydrogens is 397 g/mol. The minimum absolute atomic E-state index is 0.0138. The predicted molar refractivity (Wildman–Crippen MR) is 109 cm³/mol. The molecule has 1 aliphatic heterocycles. The van der Waals surface area contributed by atoms with Crippen LogP contribution in [-0.2, 0) is 11.4 Å². The molecule has 0 bridgehead atoms. The van der Waals surface area contributed by atoms with Gasteiger partial charge in [-0.05, 0) is 37.1 Å². The first kappa shape index (κ1) is 23.5. The van der Waals surface area contributed by atoms with Crippen LogP contribution in [-0.4, -0.2) is 59.8 Å². The Kier molecular flexibility index (Phi) is 8.11. The topological polar surface area (TPSA) is 53.0 Å². The minimum Gasteiger partial charge on any atom is -0.484 e. The number of likely N-dealkylation sites (N-methyl/N-ethyl adjacent to an activating group) is 1. The molecule has 164 valence electrons. The van der Waals surface area contributed by atoms with E-state index in [9.17, 15) is 18.0 Å². The molecule has 2 rings (SSSR count). The number of alkyl halides is 3. The number of aliphatic hydroxyl groups is 1. The van der Waals surface area contributed by atoms with Gasteiger partial charge in [0.1, 0.15) is 5.75 Å². The van der Waals surface area contributed by atoms with Gasteiger partial charge in [0.2, 0.25) is 0 Å². The second-order valence-electron chi connectivity index (χ2n) is 7.04. The molecule has 1 saturated heterocycles. The molecule has 5 nitrogen and oxygen atoms in total. The molecular formula is C22H27F3N2O3. The lowest BCUT2D eigenvalue weighted by Gasteiger charge is -2.31. The second-order valence-corrected chi connectivity index (χ2v) is 7.04. The molecule has 1 aromatic rings. The first-order valence-electron chi connectivity index (χ1n) is 9.60. The predicted octanol–water partition coefficient (Wildman–Crippen LogP) is 3.67. The van der Waals surface area contributed by atoms with Crippen molar-refractivity contribution in [2.24, 2.45) is 0 Å². The Balaban J connectivity index is 1.97. The van der Waals surface area contributed by atoms with Gasteiger partial charge in [-0.25, -0.2) is 0 Å². The molecule has 0 saturated carbocycles. The van der Waals surface area contributed by atoms with E-state index in [-0.39, 0.29) is 30.9 Å². The van der Waals surface area contributed by atoms with Crippen LogP contribution >= 0.6 is 0 Å². The molecule has 1 N–H and O–H groups in total. The highest BCUT2D eigenvalue weighted by Crippen LogP contribution is 2.33. The van der Waals surface area contributed by atoms with Gasteiger partial charge in [-0.3, -0.25) is 4.79 Å². The molecule has 8 heteroatoms. The standard InChI is InChI=1S/C22H27F3N2O3/c1-4-5-6-20(16(2)22(23,24)25)26(3)18-11-12-27(13-18)21(29)15-30-19-9-7-17(14-28)8-10-19/h4-10,18,28H,2,11-15H2,1,3H3/b5-4-,20-6+. The average molecular weight is 424 g/mol. The zero-order chi connectivity index (χ0) is 22.3. The lowest BCUT2D eigenvalue weighted by molar-refractivity contribution is -0.132. The maximum Gasteiger partial charge on any atom is 0.417 e. The molecule has 1 aliphatic rings. The largest absolute Gasteiger partial charge is 0.484 e. The summed E-state index contributed by atoms with van der Waals surface area (Å²) in [7, 11) is 1.59. The lowest BCUT2D eigenvalue weighted by atomic mass is 10.1. The number of allylic oxidation sites excluding steroid dienone is 4. The lowest BCUT2D eigenvalue weighted by Crippen LogP contribution is -2.39. The minimum atomic E-state index is -4.53. The fourth-order valence-corrected chi connectivity index (χ4v) is 3.17. The van der Waals surface area contributed by atoms with Crippen molar-refractivity contribution in [3.8, 4) is 5.75 Å². The maximum atomic E-state index is 13.2. The molecule has 0 aromatic heterocycles. The van der Waals surface area contributed by atoms with E-state index in [0.717, 1.165) is 5.56 Å². The zero-order valence-electron chi connectivity index (χ0n) is 17.2. The molecule has 0 spiro atoms. The van der Waals surface area contributed by atoms with Gasteiger partial charge < -0.3 is 19.6 Å². The summed E-state index contributed by atoms with van der Waals surface area (Å²) in [6.07, 6.45) is 0.587. The van der Waals surface area contributed by atoms with Crippen LogP contribution in [0.3, 0.4) is 0 Å². The van der Waals surface area contributed by atoms with Gasteiger partial charge in [0.25, 0.3) is 5.91 Å². The van der Waals surface area contributed by atoms with Crippen molar-refractivity contribution in [2.45, 2.75) is 32.2 Å². The van der Waals surface area contributed by atoms with Gasteiger partial charge in [0, 0.05) is 31.9 Å². The number of amides is 1. The van der Waals surface area contributed by atoms with Crippen LogP contribution in [0.25, 0.3) is 0 Å². The number of likely N-dealkylation sites (tertiary alicyclic amines) is 1. The number of benzene rings is 1. The van der Waals surface area contributed by atoms with Crippen molar-refractivity contribution in [3.63, 3.8) is 0 Å². The highest BCUT2D eigenvalue weighted by molar-refractivity contribution is 5.78. The number of aliphatic hydroxyl groups excluding tert-OH is 1. The van der Waals surface area contributed by atoms with Crippen molar-refractivity contribution >= 4 is 5.91 Å². The Morgan fingerprint density at radius 2 is 2.03 bits per heavy atom. The molecule has 1 unspecified atom stereocenters. The second kappa shape index (κ2) is 10.3. The van der Waals surface area contributed by atoms with E-state index < -0.39 is 11.7 Å². The van der Waals surface area contributed by atoms with Crippen LogP contribution < -0.4 is 4.74 Å². The van der Waals surface area contributed by atoms with Gasteiger partial charge in [-0.2, -0.15) is 13.2 Å². The molecule has 1 atom stereocenters. The zero-order valence-corrected chi connectivity index (χ0v) is 17.2. The monoisotopic (exact) mass is 424 g/mol. The number of rotatable bonds is 8. The summed E-state index contributed by atoms with van der Waals surface area (Å²) in [5.41, 5.74) is -0.191. The first-order valence-corrected chi connectivity index (χ1v) is 9.60. The molecule has 1 heterocycles. The summed E-state index contributed by atoms with van der Waals surface area (Å²) in [4.78, 5) is 15.6. The van der Waals surface area contributed by atoms with E-state index in [1.807, 2.05) is 0 Å². The summed E-state index contributed by atoms with van der Waals surface area (Å²) < 4.78 is 45.1. The fourth-order valence-electron chi connectivity index (χ4n) is 3.17. The third kappa shape index (κ3) is 6.13. The van der Waals surface area contributed by atoms with Crippen molar-refractivity contribution in [1.29, 1.82) is 0 Å². The Labute approximate surface area is 174 Å². The van der Waals surface area contributed by atoms with E-state index in [0.29, 0.717) is 25.3 Å². The smallest absolute Gasteiger partial charge is 0.417 e. The summed E-state index contributed by atoms with van der Waals surface area (Å²) in [6, 6.07) is 6.48. The van der Waals surface area contributed by atoms with Crippen LogP contribution in [0.4, 0.5) is 13.2 Å². The SMILES string of the molecule is C=C(/C(=C\C=C/C)N(C)C1CCN(C(=O)COc2ccc(CO)cc2)C1)C(F)(F)F. The summed E-state index contributed by atoms with van der Waals surface area (Å²) >= 11 is 0. The third-order valence-corrected chi connectivity index (χ3v) is 5.01. The van der Waals surface area contributed by atoms with Crippen molar-refractivity contribution in [2.75, 3.05) is 26.7 Å². The number of halogens is 3. The van der Waals surface area contributed by atoms with Crippen LogP contribution in [0.5, 0.6) is 5.75 Å². The normalized spacial score (nSPS) is 17.5. The highest BCUT2D eigenvalue weighted by Gasteiger charge is 2.38. The van der Waals surface area contributed by atoms with Gasteiger partial charge in [-0.1, -0.05) is 30.9 Å². The Hall–Kier alpha value is -2.74. The average Bonchev–Trinajstić information content (AvgIpc) is 3.22. The fraction of sp³-hybridized carbons (Fsp3) is 0.409. The van der Waals surface area contributed by atoms with Crippen LogP contribution in [0.15, 0.2) is 60.3 Å². The van der Waals surface area contributed by atoms with E-state index in [1.165, 1.54) is 17.1 Å². The van der Waals surface area contributed by atoms with E-state index >= 15 is 0 Å². The molecule has 0 aliphatic carbocycles. The number of hydrogen-bond acceptors (Lipinski definition) is 4. The summed E-state index contributed by atoms with van der Waals surface area (Å²) in [5.74, 6) is 0.275. The number of ether oxygens (including phenoxy) is 1. The van der Waals surface area contributed by atoms with Gasteiger partial charge in [0.05, 0.1) is 12.2 Å². The quantitative estimate of drug-likeness (QED) is 0.647. The van der Waals surface area contributed by atoms with Crippen molar-refractivity contribution in [3.05, 3.63) is 65.9 Å². The highest BCUT2D eigenvalue weighted by atomic mass is 19.4. The molecule has 1 fully saturated rings. The summed E-state index contributed by atoms with van der Waals surface area (Å²) in [6.45, 7) is 5.45. The molecule has 0 radical (unpaired) electrons. The van der Waals surface area contributed by atoms with Gasteiger partial charge in [0.15, 0.2) is 6.61 Å². The van der Waals surface area contributed by atoms with E-state index in [2.05, 4.69) is 6.58 Å². The number of carbonyl (C=O) groups is 1. The van der Waals surface area contributed by atoms with E-state index in [4.69, 9.17) is 9.84 Å². The summed E-state index contributed by atoms with van der Waals surface area (Å²) in [5, 5.41) is 9.04. The van der Waals surface area contributed by atoms with Crippen LogP contribution in [0.1, 0.15) is 18.9 Å². The Bertz CT molecular complexity index is 801. The third-order valence-electron chi connectivity index (χ3n) is 5.01. The first-order chi connectivity index (χ1) is 14.2. The molecule has 1 aromatic carbocycles. The van der Waals surface area contributed by atoms with Gasteiger partial charge in [-0.15, -0.1) is 0 Å². The maximum absolute atomic E-state index is 13.2. The Morgan fingerprint density at radius 3 is 2.60 bits per heavy atom. The van der Waals surface area contributed by atoms with Crippen LogP contribution in [0.2, 0.25) is 0 Å². The van der Waals surface area contributed by atoms with Crippen molar-refractivity contribution < 1.29 is 27.8 Å². The molecule has 1 amide bonds. The van der Waals surface area contributed by atoms with Gasteiger partial charge >= 0.3 is 6.18 Å². The number of hydrogen-bond donors (Lipinski definition) is 1. The number of nitrogens with zero attached hydrogens (tertiary/aromatic N) is 2. The van der Waals surface area contributed by atoms with Crippen molar-refractivity contribution in [1.82, 2.24) is 9.80 Å². The Morgan fingerprint density at radius 1 is 1.37 bits per heavy atom. The van der Waals surface area contributed by atoms with Crippen LogP contribution in [0, 0.1) is 0 Å². The van der Waals surface area contributed by atoms with E-state index in [1.54, 1.807) is 49.2 Å². The molecule has 30 heavy (non-hydrogen) atoms.